The zero-order valence-electron chi connectivity index (χ0n) is 22.7. The fourth-order valence-corrected chi connectivity index (χ4v) is 3.81. The monoisotopic (exact) mass is 566 g/mol. The van der Waals surface area contributed by atoms with E-state index in [2.05, 4.69) is 20.1 Å². The van der Waals surface area contributed by atoms with E-state index in [1.165, 1.54) is 18.3 Å². The summed E-state index contributed by atoms with van der Waals surface area (Å²) in [5.41, 5.74) is 1.34. The van der Waals surface area contributed by atoms with Crippen LogP contribution in [0.2, 0.25) is 0 Å². The number of hydrogen-bond acceptors (Lipinski definition) is 9. The van der Waals surface area contributed by atoms with Crippen LogP contribution in [-0.2, 0) is 14.8 Å². The highest BCUT2D eigenvalue weighted by Gasteiger charge is 2.14. The van der Waals surface area contributed by atoms with Gasteiger partial charge in [-0.1, -0.05) is 0 Å². The van der Waals surface area contributed by atoms with E-state index < -0.39 is 10.0 Å². The lowest BCUT2D eigenvalue weighted by atomic mass is 10.2. The van der Waals surface area contributed by atoms with Crippen LogP contribution in [0, 0.1) is 6.92 Å². The maximum atomic E-state index is 11.6. The maximum absolute atomic E-state index is 11.6. The van der Waals surface area contributed by atoms with Gasteiger partial charge in [-0.2, -0.15) is 9.67 Å². The fourth-order valence-electron chi connectivity index (χ4n) is 3.35. The molecule has 0 aliphatic carbocycles. The molecule has 0 unspecified atom stereocenters. The number of carbonyl (C=O) groups is 1. The highest BCUT2D eigenvalue weighted by molar-refractivity contribution is 7.89. The summed E-state index contributed by atoms with van der Waals surface area (Å²) >= 11 is 0. The molecular formula is C27H30N6O6S. The number of amides is 1. The molecule has 0 radical (unpaired) electrons. The van der Waals surface area contributed by atoms with Crippen molar-refractivity contribution >= 4 is 21.8 Å². The number of pyridine rings is 1. The Bertz CT molecular complexity index is 1570. The number of rotatable bonds is 7. The van der Waals surface area contributed by atoms with Gasteiger partial charge in [0.25, 0.3) is 5.91 Å². The van der Waals surface area contributed by atoms with E-state index in [4.69, 9.17) is 19.3 Å². The van der Waals surface area contributed by atoms with Crippen molar-refractivity contribution < 1.29 is 27.4 Å². The lowest BCUT2D eigenvalue weighted by Crippen LogP contribution is -2.13. The molecule has 210 valence electrons. The molecule has 13 heteroatoms. The third-order valence-electron chi connectivity index (χ3n) is 5.28. The van der Waals surface area contributed by atoms with Crippen LogP contribution in [0.5, 0.6) is 11.5 Å². The molecule has 2 heterocycles. The van der Waals surface area contributed by atoms with Crippen molar-refractivity contribution in [2.45, 2.75) is 25.7 Å². The number of sulfonamides is 1. The van der Waals surface area contributed by atoms with Crippen LogP contribution in [0.25, 0.3) is 17.2 Å². The van der Waals surface area contributed by atoms with Crippen LogP contribution < -0.4 is 14.6 Å². The van der Waals surface area contributed by atoms with Gasteiger partial charge < -0.3 is 14.2 Å². The number of primary sulfonamides is 1. The van der Waals surface area contributed by atoms with Gasteiger partial charge in [-0.15, -0.1) is 5.10 Å². The van der Waals surface area contributed by atoms with Crippen LogP contribution in [0.15, 0.2) is 76.7 Å². The molecule has 0 bridgehead atoms. The smallest absolute Gasteiger partial charge is 0.279 e. The first-order valence-electron chi connectivity index (χ1n) is 12.0. The number of aryl methyl sites for hydroxylation is 1. The van der Waals surface area contributed by atoms with E-state index in [9.17, 15) is 13.2 Å². The number of benzene rings is 2. The Morgan fingerprint density at radius 1 is 0.975 bits per heavy atom. The Morgan fingerprint density at radius 2 is 1.57 bits per heavy atom. The van der Waals surface area contributed by atoms with Gasteiger partial charge in [0.2, 0.25) is 10.0 Å². The van der Waals surface area contributed by atoms with Crippen LogP contribution >= 0.6 is 0 Å². The largest absolute Gasteiger partial charge is 0.497 e. The molecule has 2 aromatic carbocycles. The van der Waals surface area contributed by atoms with Gasteiger partial charge in [-0.05, 0) is 74.5 Å². The van der Waals surface area contributed by atoms with Crippen molar-refractivity contribution in [1.82, 2.24) is 19.7 Å². The summed E-state index contributed by atoms with van der Waals surface area (Å²) in [4.78, 5) is 23.9. The SMILES string of the molecule is CCOC(C)=NC(=O)c1ccc(OC)cc1.COc1ccc(-c2nc(C)nn2-c2ccc(S(N)(=O)=O)cn2)cc1. The highest BCUT2D eigenvalue weighted by Crippen LogP contribution is 2.23. The second kappa shape index (κ2) is 13.4. The van der Waals surface area contributed by atoms with E-state index in [1.807, 2.05) is 31.2 Å². The normalized spacial score (nSPS) is 11.3. The van der Waals surface area contributed by atoms with E-state index in [0.717, 1.165) is 11.3 Å². The average molecular weight is 567 g/mol. The zero-order chi connectivity index (χ0) is 29.3. The summed E-state index contributed by atoms with van der Waals surface area (Å²) in [5, 5.41) is 9.41. The minimum Gasteiger partial charge on any atom is -0.497 e. The maximum Gasteiger partial charge on any atom is 0.279 e. The van der Waals surface area contributed by atoms with Gasteiger partial charge in [0.15, 0.2) is 17.5 Å². The minimum atomic E-state index is -3.79. The van der Waals surface area contributed by atoms with E-state index in [1.54, 1.807) is 57.0 Å². The molecule has 40 heavy (non-hydrogen) atoms. The Labute approximate surface area is 232 Å². The molecule has 0 atom stereocenters. The molecule has 4 rings (SSSR count). The number of ether oxygens (including phenoxy) is 3. The molecule has 0 saturated heterocycles. The van der Waals surface area contributed by atoms with Crippen molar-refractivity contribution in [3.63, 3.8) is 0 Å². The molecule has 12 nitrogen and oxygen atoms in total. The van der Waals surface area contributed by atoms with E-state index in [-0.39, 0.29) is 10.8 Å². The van der Waals surface area contributed by atoms with Crippen LogP contribution in [0.3, 0.4) is 0 Å². The number of aromatic nitrogens is 4. The summed E-state index contributed by atoms with van der Waals surface area (Å²) in [6.07, 6.45) is 1.19. The van der Waals surface area contributed by atoms with Crippen LogP contribution in [-0.4, -0.2) is 60.8 Å². The first-order chi connectivity index (χ1) is 19.0. The average Bonchev–Trinajstić information content (AvgIpc) is 3.34. The highest BCUT2D eigenvalue weighted by atomic mass is 32.2. The quantitative estimate of drug-likeness (QED) is 0.260. The number of nitrogens with two attached hydrogens (primary N) is 1. The number of nitrogens with zero attached hydrogens (tertiary/aromatic N) is 5. The third-order valence-corrected chi connectivity index (χ3v) is 6.18. The Morgan fingerprint density at radius 3 is 2.08 bits per heavy atom. The third kappa shape index (κ3) is 7.94. The number of hydrogen-bond donors (Lipinski definition) is 1. The molecule has 2 N–H and O–H groups in total. The molecule has 0 aliphatic heterocycles. The topological polar surface area (TPSA) is 161 Å². The van der Waals surface area contributed by atoms with Gasteiger partial charge in [0, 0.05) is 24.2 Å². The number of carbonyl (C=O) groups excluding carboxylic acids is 1. The van der Waals surface area contributed by atoms with Crippen molar-refractivity contribution in [2.75, 3.05) is 20.8 Å². The van der Waals surface area contributed by atoms with Crippen molar-refractivity contribution in [2.24, 2.45) is 10.1 Å². The number of aliphatic imine (C=N–C) groups is 1. The summed E-state index contributed by atoms with van der Waals surface area (Å²) in [6.45, 7) is 5.77. The fraction of sp³-hybridized carbons (Fsp3) is 0.222. The summed E-state index contributed by atoms with van der Waals surface area (Å²) in [7, 11) is -0.615. The summed E-state index contributed by atoms with van der Waals surface area (Å²) in [5.74, 6) is 3.11. The Hall–Kier alpha value is -4.62. The molecule has 0 aliphatic rings. The molecule has 2 aromatic heterocycles. The summed E-state index contributed by atoms with van der Waals surface area (Å²) < 4.78 is 39.4. The van der Waals surface area contributed by atoms with E-state index >= 15 is 0 Å². The lowest BCUT2D eigenvalue weighted by molar-refractivity contribution is 0.0999. The second-order valence-electron chi connectivity index (χ2n) is 8.12. The summed E-state index contributed by atoms with van der Waals surface area (Å²) in [6, 6.07) is 17.1. The van der Waals surface area contributed by atoms with Gasteiger partial charge in [-0.25, -0.2) is 23.5 Å². The van der Waals surface area contributed by atoms with Crippen molar-refractivity contribution in [1.29, 1.82) is 0 Å². The minimum absolute atomic E-state index is 0.0610. The molecule has 4 aromatic rings. The Kier molecular flexibility index (Phi) is 10.1. The standard InChI is InChI=1S/C15H15N5O3S.C12H15NO3/c1-10-18-15(11-3-5-12(23-2)6-4-11)20(19-10)14-8-7-13(9-17-14)24(16,21)22;1-4-16-9(2)13-12(14)10-5-7-11(15-3)8-6-10/h3-9H,1-2H3,(H2,16,21,22);5-8H,4H2,1-3H3. The van der Waals surface area contributed by atoms with Crippen molar-refractivity contribution in [3.05, 3.63) is 78.2 Å². The molecular weight excluding hydrogens is 536 g/mol. The van der Waals surface area contributed by atoms with Gasteiger partial charge in [0.1, 0.15) is 22.2 Å². The first kappa shape index (κ1) is 29.9. The predicted octanol–water partition coefficient (Wildman–Crippen LogP) is 3.58. The molecule has 0 fully saturated rings. The Balaban J connectivity index is 0.000000241. The molecule has 1 amide bonds. The zero-order valence-corrected chi connectivity index (χ0v) is 23.5. The molecule has 0 spiro atoms. The first-order valence-corrected chi connectivity index (χ1v) is 13.5. The van der Waals surface area contributed by atoms with Crippen LogP contribution in [0.1, 0.15) is 30.0 Å². The lowest BCUT2D eigenvalue weighted by Gasteiger charge is -2.06. The second-order valence-corrected chi connectivity index (χ2v) is 9.68. The predicted molar refractivity (Wildman–Crippen MR) is 149 cm³/mol. The van der Waals surface area contributed by atoms with Gasteiger partial charge in [-0.3, -0.25) is 4.79 Å². The van der Waals surface area contributed by atoms with Crippen molar-refractivity contribution in [3.8, 4) is 28.7 Å². The van der Waals surface area contributed by atoms with Crippen LogP contribution in [0.4, 0.5) is 0 Å². The van der Waals surface area contributed by atoms with Gasteiger partial charge in [0.05, 0.1) is 20.8 Å². The van der Waals surface area contributed by atoms with Gasteiger partial charge >= 0.3 is 0 Å². The van der Waals surface area contributed by atoms with E-state index in [0.29, 0.717) is 41.3 Å². The molecule has 0 saturated carbocycles. The number of methoxy groups -OCH3 is 2.